The van der Waals surface area contributed by atoms with Crippen LogP contribution in [0.2, 0.25) is 0 Å². The lowest BCUT2D eigenvalue weighted by Crippen LogP contribution is -2.41. The Kier molecular flexibility index (Phi) is 8.36. The highest BCUT2D eigenvalue weighted by Crippen LogP contribution is 2.12. The Labute approximate surface area is 131 Å². The van der Waals surface area contributed by atoms with Crippen LogP contribution in [0.25, 0.3) is 0 Å². The summed E-state index contributed by atoms with van der Waals surface area (Å²) in [5.41, 5.74) is 2.71. The zero-order chi connectivity index (χ0) is 15.7. The van der Waals surface area contributed by atoms with Gasteiger partial charge in [0, 0.05) is 31.0 Å². The molecular formula is C15H28N2O3S. The fourth-order valence-electron chi connectivity index (χ4n) is 1.99. The Hall–Kier alpha value is -0.530. The molecule has 0 radical (unpaired) electrons. The molecule has 2 N–H and O–H groups in total. The van der Waals surface area contributed by atoms with Crippen molar-refractivity contribution in [3.8, 4) is 0 Å². The smallest absolute Gasteiger partial charge is 0.0897 e. The van der Waals surface area contributed by atoms with Gasteiger partial charge in [-0.25, -0.2) is 4.98 Å². The average molecular weight is 316 g/mol. The standard InChI is InChI=1S/C15H28N2O3S/c1-5-20-15(3,4)10-16-8-13(18)9-19-7-6-14-12(2)17-11-21-14/h11,13,16,18H,5-10H2,1-4H3. The van der Waals surface area contributed by atoms with Crippen LogP contribution in [0.1, 0.15) is 31.3 Å². The van der Waals surface area contributed by atoms with Gasteiger partial charge in [0.25, 0.3) is 0 Å². The van der Waals surface area contributed by atoms with Crippen molar-refractivity contribution in [1.82, 2.24) is 10.3 Å². The molecule has 1 aromatic heterocycles. The van der Waals surface area contributed by atoms with E-state index in [9.17, 15) is 5.11 Å². The van der Waals surface area contributed by atoms with Gasteiger partial charge < -0.3 is 19.9 Å². The van der Waals surface area contributed by atoms with E-state index in [4.69, 9.17) is 9.47 Å². The van der Waals surface area contributed by atoms with Crippen molar-refractivity contribution >= 4 is 11.3 Å². The number of aromatic nitrogens is 1. The van der Waals surface area contributed by atoms with Gasteiger partial charge in [0.2, 0.25) is 0 Å². The zero-order valence-electron chi connectivity index (χ0n) is 13.5. The van der Waals surface area contributed by atoms with E-state index < -0.39 is 6.10 Å². The number of ether oxygens (including phenoxy) is 2. The van der Waals surface area contributed by atoms with E-state index in [1.165, 1.54) is 4.88 Å². The van der Waals surface area contributed by atoms with Crippen LogP contribution in [0.3, 0.4) is 0 Å². The first-order chi connectivity index (χ1) is 9.94. The van der Waals surface area contributed by atoms with Crippen LogP contribution in [-0.2, 0) is 15.9 Å². The molecular weight excluding hydrogens is 288 g/mol. The predicted octanol–water partition coefficient (Wildman–Crippen LogP) is 1.78. The molecule has 0 amide bonds. The zero-order valence-corrected chi connectivity index (χ0v) is 14.3. The fraction of sp³-hybridized carbons (Fsp3) is 0.800. The fourth-order valence-corrected chi connectivity index (χ4v) is 2.75. The second-order valence-corrected chi connectivity index (χ2v) is 6.60. The normalized spacial score (nSPS) is 13.6. The van der Waals surface area contributed by atoms with Crippen molar-refractivity contribution in [2.75, 3.05) is 32.9 Å². The van der Waals surface area contributed by atoms with E-state index in [1.807, 2.05) is 33.2 Å². The van der Waals surface area contributed by atoms with E-state index >= 15 is 0 Å². The van der Waals surface area contributed by atoms with Crippen molar-refractivity contribution < 1.29 is 14.6 Å². The van der Waals surface area contributed by atoms with Crippen molar-refractivity contribution in [3.63, 3.8) is 0 Å². The van der Waals surface area contributed by atoms with Crippen molar-refractivity contribution in [2.45, 2.75) is 45.8 Å². The molecule has 1 heterocycles. The number of aliphatic hydroxyl groups is 1. The molecule has 1 atom stereocenters. The number of aliphatic hydroxyl groups excluding tert-OH is 1. The molecule has 1 aromatic rings. The Morgan fingerprint density at radius 3 is 2.86 bits per heavy atom. The topological polar surface area (TPSA) is 63.6 Å². The molecule has 21 heavy (non-hydrogen) atoms. The highest BCUT2D eigenvalue weighted by Gasteiger charge is 2.17. The third-order valence-corrected chi connectivity index (χ3v) is 4.09. The minimum absolute atomic E-state index is 0.209. The van der Waals surface area contributed by atoms with Gasteiger partial charge in [-0.1, -0.05) is 0 Å². The molecule has 0 aliphatic rings. The lowest BCUT2D eigenvalue weighted by molar-refractivity contribution is -0.0134. The molecule has 1 unspecified atom stereocenters. The van der Waals surface area contributed by atoms with Crippen molar-refractivity contribution in [1.29, 1.82) is 0 Å². The Morgan fingerprint density at radius 2 is 2.24 bits per heavy atom. The van der Waals surface area contributed by atoms with Gasteiger partial charge >= 0.3 is 0 Å². The first-order valence-corrected chi connectivity index (χ1v) is 8.32. The summed E-state index contributed by atoms with van der Waals surface area (Å²) in [5.74, 6) is 0. The molecule has 0 spiro atoms. The average Bonchev–Trinajstić information content (AvgIpc) is 2.80. The lowest BCUT2D eigenvalue weighted by Gasteiger charge is -2.25. The number of nitrogens with zero attached hydrogens (tertiary/aromatic N) is 1. The van der Waals surface area contributed by atoms with Crippen LogP contribution in [-0.4, -0.2) is 54.7 Å². The van der Waals surface area contributed by atoms with Gasteiger partial charge in [0.05, 0.1) is 36.1 Å². The number of rotatable bonds is 11. The maximum atomic E-state index is 9.85. The summed E-state index contributed by atoms with van der Waals surface area (Å²) in [7, 11) is 0. The summed E-state index contributed by atoms with van der Waals surface area (Å²) in [6.07, 6.45) is 0.360. The van der Waals surface area contributed by atoms with Crippen LogP contribution in [0.5, 0.6) is 0 Å². The predicted molar refractivity (Wildman–Crippen MR) is 86.0 cm³/mol. The molecule has 0 saturated carbocycles. The molecule has 0 aromatic carbocycles. The minimum atomic E-state index is -0.495. The summed E-state index contributed by atoms with van der Waals surface area (Å²) in [6, 6.07) is 0. The number of nitrogens with one attached hydrogen (secondary N) is 1. The number of thiazole rings is 1. The highest BCUT2D eigenvalue weighted by molar-refractivity contribution is 7.09. The molecule has 0 aliphatic heterocycles. The maximum absolute atomic E-state index is 9.85. The molecule has 0 bridgehead atoms. The van der Waals surface area contributed by atoms with Gasteiger partial charge in [0.1, 0.15) is 0 Å². The van der Waals surface area contributed by atoms with Crippen LogP contribution in [0.4, 0.5) is 0 Å². The van der Waals surface area contributed by atoms with Crippen molar-refractivity contribution in [2.24, 2.45) is 0 Å². The van der Waals surface area contributed by atoms with Gasteiger partial charge in [0.15, 0.2) is 0 Å². The van der Waals surface area contributed by atoms with E-state index in [0.29, 0.717) is 32.9 Å². The van der Waals surface area contributed by atoms with Crippen LogP contribution >= 0.6 is 11.3 Å². The van der Waals surface area contributed by atoms with Gasteiger partial charge in [-0.3, -0.25) is 0 Å². The molecule has 1 rings (SSSR count). The SMILES string of the molecule is CCOC(C)(C)CNCC(O)COCCc1scnc1C. The van der Waals surface area contributed by atoms with Gasteiger partial charge in [-0.15, -0.1) is 11.3 Å². The third kappa shape index (κ3) is 7.87. The summed E-state index contributed by atoms with van der Waals surface area (Å²) >= 11 is 1.65. The second-order valence-electron chi connectivity index (χ2n) is 5.66. The van der Waals surface area contributed by atoms with Crippen LogP contribution in [0.15, 0.2) is 5.51 Å². The second kappa shape index (κ2) is 9.48. The number of hydrogen-bond acceptors (Lipinski definition) is 6. The van der Waals surface area contributed by atoms with Gasteiger partial charge in [-0.2, -0.15) is 0 Å². The number of hydrogen-bond donors (Lipinski definition) is 2. The van der Waals surface area contributed by atoms with E-state index in [1.54, 1.807) is 11.3 Å². The molecule has 0 aliphatic carbocycles. The first kappa shape index (κ1) is 18.5. The van der Waals surface area contributed by atoms with Gasteiger partial charge in [-0.05, 0) is 27.7 Å². The summed E-state index contributed by atoms with van der Waals surface area (Å²) < 4.78 is 11.1. The summed E-state index contributed by atoms with van der Waals surface area (Å²) in [6.45, 7) is 10.9. The quantitative estimate of drug-likeness (QED) is 0.609. The third-order valence-electron chi connectivity index (χ3n) is 3.09. The molecule has 6 heteroatoms. The summed E-state index contributed by atoms with van der Waals surface area (Å²) in [4.78, 5) is 5.45. The summed E-state index contributed by atoms with van der Waals surface area (Å²) in [5, 5.41) is 13.1. The molecule has 0 saturated heterocycles. The molecule has 122 valence electrons. The van der Waals surface area contributed by atoms with E-state index in [2.05, 4.69) is 10.3 Å². The largest absolute Gasteiger partial charge is 0.389 e. The highest BCUT2D eigenvalue weighted by atomic mass is 32.1. The Balaban J connectivity index is 2.06. The first-order valence-electron chi connectivity index (χ1n) is 7.44. The Morgan fingerprint density at radius 1 is 1.48 bits per heavy atom. The Bertz CT molecular complexity index is 396. The van der Waals surface area contributed by atoms with Crippen molar-refractivity contribution in [3.05, 3.63) is 16.1 Å². The van der Waals surface area contributed by atoms with E-state index in [-0.39, 0.29) is 5.60 Å². The monoisotopic (exact) mass is 316 g/mol. The van der Waals surface area contributed by atoms with Crippen LogP contribution < -0.4 is 5.32 Å². The minimum Gasteiger partial charge on any atom is -0.389 e. The lowest BCUT2D eigenvalue weighted by atomic mass is 10.1. The van der Waals surface area contributed by atoms with Crippen LogP contribution in [0, 0.1) is 6.92 Å². The number of aryl methyl sites for hydroxylation is 1. The van der Waals surface area contributed by atoms with E-state index in [0.717, 1.165) is 12.1 Å². The molecule has 5 nitrogen and oxygen atoms in total. The maximum Gasteiger partial charge on any atom is 0.0897 e. The molecule has 0 fully saturated rings.